The third-order valence-electron chi connectivity index (χ3n) is 3.99. The van der Waals surface area contributed by atoms with Gasteiger partial charge in [-0.2, -0.15) is 4.98 Å². The van der Waals surface area contributed by atoms with Gasteiger partial charge in [0.05, 0.1) is 18.6 Å². The maximum Gasteiger partial charge on any atom is 0.232 e. The van der Waals surface area contributed by atoms with Gasteiger partial charge in [0, 0.05) is 32.8 Å². The molecule has 106 valence electrons. The average molecular weight is 266 g/mol. The predicted molar refractivity (Wildman–Crippen MR) is 69.8 cm³/mol. The molecule has 0 amide bonds. The van der Waals surface area contributed by atoms with Gasteiger partial charge in [-0.15, -0.1) is 0 Å². The molecule has 1 aromatic rings. The first-order chi connectivity index (χ1) is 9.36. The summed E-state index contributed by atoms with van der Waals surface area (Å²) in [6.07, 6.45) is 2.24. The third-order valence-corrected chi connectivity index (χ3v) is 3.99. The van der Waals surface area contributed by atoms with Gasteiger partial charge < -0.3 is 14.6 Å². The van der Waals surface area contributed by atoms with Gasteiger partial charge in [0.2, 0.25) is 5.89 Å². The highest BCUT2D eigenvalue weighted by atomic mass is 16.5. The van der Waals surface area contributed by atoms with Crippen LogP contribution in [0.1, 0.15) is 37.4 Å². The van der Waals surface area contributed by atoms with Crippen molar-refractivity contribution in [3.8, 4) is 0 Å². The van der Waals surface area contributed by atoms with E-state index >= 15 is 0 Å². The number of piperazine rings is 1. The van der Waals surface area contributed by atoms with Gasteiger partial charge in [0.1, 0.15) is 0 Å². The van der Waals surface area contributed by atoms with Crippen LogP contribution >= 0.6 is 0 Å². The summed E-state index contributed by atoms with van der Waals surface area (Å²) in [7, 11) is 0. The second kappa shape index (κ2) is 5.98. The number of hydrogen-bond donors (Lipinski definition) is 1. The highest BCUT2D eigenvalue weighted by molar-refractivity contribution is 5.00. The minimum Gasteiger partial charge on any atom is -0.377 e. The maximum absolute atomic E-state index is 5.68. The number of hydrogen-bond acceptors (Lipinski definition) is 6. The van der Waals surface area contributed by atoms with Crippen molar-refractivity contribution in [2.24, 2.45) is 0 Å². The van der Waals surface area contributed by atoms with Crippen LogP contribution < -0.4 is 5.32 Å². The Bertz CT molecular complexity index is 403. The standard InChI is InChI=1S/C13H22N4O2/c1-2-11-10(3-8-18-11)13-15-12(16-19-13)9-17-6-4-14-5-7-17/h10-11,14H,2-9H2,1H3. The van der Waals surface area contributed by atoms with Crippen LogP contribution in [0.25, 0.3) is 0 Å². The van der Waals surface area contributed by atoms with E-state index in [1.807, 2.05) is 0 Å². The fraction of sp³-hybridized carbons (Fsp3) is 0.846. The van der Waals surface area contributed by atoms with E-state index in [1.165, 1.54) is 0 Å². The number of nitrogens with zero attached hydrogens (tertiary/aromatic N) is 3. The van der Waals surface area contributed by atoms with E-state index in [9.17, 15) is 0 Å². The van der Waals surface area contributed by atoms with Crippen molar-refractivity contribution in [1.29, 1.82) is 0 Å². The molecular weight excluding hydrogens is 244 g/mol. The molecular formula is C13H22N4O2. The molecule has 2 unspecified atom stereocenters. The van der Waals surface area contributed by atoms with E-state index < -0.39 is 0 Å². The number of rotatable bonds is 4. The highest BCUT2D eigenvalue weighted by Crippen LogP contribution is 2.31. The van der Waals surface area contributed by atoms with Gasteiger partial charge in [-0.3, -0.25) is 4.90 Å². The quantitative estimate of drug-likeness (QED) is 0.868. The molecule has 0 saturated carbocycles. The van der Waals surface area contributed by atoms with Gasteiger partial charge in [-0.25, -0.2) is 0 Å². The van der Waals surface area contributed by atoms with Gasteiger partial charge in [-0.05, 0) is 12.8 Å². The lowest BCUT2D eigenvalue weighted by Crippen LogP contribution is -2.43. The molecule has 3 heterocycles. The van der Waals surface area contributed by atoms with Crippen molar-refractivity contribution in [3.63, 3.8) is 0 Å². The first-order valence-corrected chi connectivity index (χ1v) is 7.24. The summed E-state index contributed by atoms with van der Waals surface area (Å²) in [5.74, 6) is 1.85. The van der Waals surface area contributed by atoms with E-state index in [-0.39, 0.29) is 12.0 Å². The van der Waals surface area contributed by atoms with Crippen molar-refractivity contribution in [3.05, 3.63) is 11.7 Å². The fourth-order valence-electron chi connectivity index (χ4n) is 2.88. The predicted octanol–water partition coefficient (Wildman–Crippen LogP) is 0.757. The van der Waals surface area contributed by atoms with Gasteiger partial charge in [0.15, 0.2) is 5.82 Å². The molecule has 2 aliphatic heterocycles. The van der Waals surface area contributed by atoms with E-state index in [1.54, 1.807) is 0 Å². The monoisotopic (exact) mass is 266 g/mol. The van der Waals surface area contributed by atoms with Gasteiger partial charge in [-0.1, -0.05) is 12.1 Å². The number of nitrogens with one attached hydrogen (secondary N) is 1. The Morgan fingerprint density at radius 1 is 1.37 bits per heavy atom. The topological polar surface area (TPSA) is 63.4 Å². The molecule has 3 rings (SSSR count). The zero-order chi connectivity index (χ0) is 13.1. The summed E-state index contributed by atoms with van der Waals surface area (Å²) in [4.78, 5) is 6.92. The second-order valence-electron chi connectivity index (χ2n) is 5.29. The Hall–Kier alpha value is -0.980. The molecule has 1 N–H and O–H groups in total. The molecule has 2 atom stereocenters. The first kappa shape index (κ1) is 13.0. The second-order valence-corrected chi connectivity index (χ2v) is 5.29. The fourth-order valence-corrected chi connectivity index (χ4v) is 2.88. The minimum atomic E-state index is 0.243. The Morgan fingerprint density at radius 2 is 2.21 bits per heavy atom. The summed E-state index contributed by atoms with van der Waals surface area (Å²) >= 11 is 0. The van der Waals surface area contributed by atoms with Crippen molar-refractivity contribution < 1.29 is 9.26 Å². The molecule has 0 spiro atoms. The summed E-state index contributed by atoms with van der Waals surface area (Å²) < 4.78 is 11.1. The molecule has 0 aromatic carbocycles. The lowest BCUT2D eigenvalue weighted by molar-refractivity contribution is 0.0953. The molecule has 0 aliphatic carbocycles. The molecule has 6 heteroatoms. The van der Waals surface area contributed by atoms with E-state index in [0.29, 0.717) is 0 Å². The molecule has 2 aliphatic rings. The molecule has 19 heavy (non-hydrogen) atoms. The lowest BCUT2D eigenvalue weighted by Gasteiger charge is -2.25. The van der Waals surface area contributed by atoms with E-state index in [2.05, 4.69) is 27.3 Å². The van der Waals surface area contributed by atoms with Crippen LogP contribution in [0.5, 0.6) is 0 Å². The van der Waals surface area contributed by atoms with E-state index in [4.69, 9.17) is 9.26 Å². The molecule has 0 radical (unpaired) electrons. The van der Waals surface area contributed by atoms with Crippen molar-refractivity contribution in [2.75, 3.05) is 32.8 Å². The van der Waals surface area contributed by atoms with Gasteiger partial charge in [0.25, 0.3) is 0 Å². The van der Waals surface area contributed by atoms with E-state index in [0.717, 1.165) is 63.9 Å². The molecule has 0 bridgehead atoms. The van der Waals surface area contributed by atoms with Crippen LogP contribution in [-0.4, -0.2) is 53.9 Å². The van der Waals surface area contributed by atoms with Crippen molar-refractivity contribution in [2.45, 2.75) is 38.3 Å². The highest BCUT2D eigenvalue weighted by Gasteiger charge is 2.32. The maximum atomic E-state index is 5.68. The molecule has 6 nitrogen and oxygen atoms in total. The zero-order valence-corrected chi connectivity index (χ0v) is 11.5. The Morgan fingerprint density at radius 3 is 3.00 bits per heavy atom. The summed E-state index contributed by atoms with van der Waals surface area (Å²) in [6, 6.07) is 0. The van der Waals surface area contributed by atoms with Crippen molar-refractivity contribution in [1.82, 2.24) is 20.4 Å². The zero-order valence-electron chi connectivity index (χ0n) is 11.5. The van der Waals surface area contributed by atoms with Crippen molar-refractivity contribution >= 4 is 0 Å². The summed E-state index contributed by atoms with van der Waals surface area (Å²) in [5.41, 5.74) is 0. The van der Waals surface area contributed by atoms with Crippen LogP contribution in [-0.2, 0) is 11.3 Å². The van der Waals surface area contributed by atoms with Crippen LogP contribution in [0.3, 0.4) is 0 Å². The van der Waals surface area contributed by atoms with Crippen LogP contribution in [0, 0.1) is 0 Å². The first-order valence-electron chi connectivity index (χ1n) is 7.24. The Balaban J connectivity index is 1.62. The van der Waals surface area contributed by atoms with Crippen LogP contribution in [0.15, 0.2) is 4.52 Å². The smallest absolute Gasteiger partial charge is 0.232 e. The van der Waals surface area contributed by atoms with Crippen LogP contribution in [0.2, 0.25) is 0 Å². The average Bonchev–Trinajstić information content (AvgIpc) is 3.07. The third kappa shape index (κ3) is 2.96. The molecule has 2 saturated heterocycles. The Kier molecular flexibility index (Phi) is 4.10. The minimum absolute atomic E-state index is 0.243. The largest absolute Gasteiger partial charge is 0.377 e. The Labute approximate surface area is 113 Å². The molecule has 1 aromatic heterocycles. The van der Waals surface area contributed by atoms with Gasteiger partial charge >= 0.3 is 0 Å². The molecule has 2 fully saturated rings. The normalized spacial score (nSPS) is 28.9. The SMILES string of the molecule is CCC1OCCC1c1nc(CN2CCNCC2)no1. The summed E-state index contributed by atoms with van der Waals surface area (Å²) in [6.45, 7) is 7.91. The summed E-state index contributed by atoms with van der Waals surface area (Å²) in [5, 5.41) is 7.46. The number of aromatic nitrogens is 2. The lowest BCUT2D eigenvalue weighted by atomic mass is 10.00. The van der Waals surface area contributed by atoms with Crippen LogP contribution in [0.4, 0.5) is 0 Å². The number of ether oxygens (including phenoxy) is 1.